The van der Waals surface area contributed by atoms with Crippen LogP contribution in [0.15, 0.2) is 69.2 Å². The molecule has 2 aliphatic rings. The number of rotatable bonds is 3. The molecule has 31 heavy (non-hydrogen) atoms. The van der Waals surface area contributed by atoms with E-state index in [9.17, 15) is 4.79 Å². The predicted molar refractivity (Wildman–Crippen MR) is 116 cm³/mol. The third-order valence-electron chi connectivity index (χ3n) is 5.37. The van der Waals surface area contributed by atoms with Crippen LogP contribution >= 0.6 is 11.8 Å². The molecule has 152 valence electrons. The van der Waals surface area contributed by atoms with Gasteiger partial charge in [0.05, 0.1) is 23.1 Å². The number of hydrogen-bond donors (Lipinski definition) is 0. The van der Waals surface area contributed by atoms with Crippen molar-refractivity contribution in [2.75, 3.05) is 4.90 Å². The first kappa shape index (κ1) is 18.3. The van der Waals surface area contributed by atoms with Gasteiger partial charge in [-0.15, -0.1) is 0 Å². The van der Waals surface area contributed by atoms with Crippen LogP contribution in [-0.2, 0) is 0 Å². The van der Waals surface area contributed by atoms with Gasteiger partial charge >= 0.3 is 0 Å². The molecule has 8 heteroatoms. The van der Waals surface area contributed by atoms with Gasteiger partial charge in [0, 0.05) is 27.6 Å². The summed E-state index contributed by atoms with van der Waals surface area (Å²) in [5.41, 5.74) is 3.86. The first-order chi connectivity index (χ1) is 15.2. The summed E-state index contributed by atoms with van der Waals surface area (Å²) in [5, 5.41) is 4.14. The van der Waals surface area contributed by atoms with Crippen LogP contribution in [0.25, 0.3) is 23.0 Å². The Balaban J connectivity index is 1.42. The van der Waals surface area contributed by atoms with E-state index in [1.807, 2.05) is 54.3 Å². The smallest absolute Gasteiger partial charge is 0.278 e. The third kappa shape index (κ3) is 3.19. The Labute approximate surface area is 182 Å². The molecule has 0 atom stereocenters. The average Bonchev–Trinajstić information content (AvgIpc) is 3.52. The normalized spacial score (nSPS) is 15.4. The average molecular weight is 427 g/mol. The Morgan fingerprint density at radius 2 is 1.94 bits per heavy atom. The minimum absolute atomic E-state index is 0.0666. The fraction of sp³-hybridized carbons (Fsp3) is 0.174. The molecule has 2 aromatic carbocycles. The second-order valence-electron chi connectivity index (χ2n) is 7.65. The largest absolute Gasteiger partial charge is 0.332 e. The van der Waals surface area contributed by atoms with Gasteiger partial charge < -0.3 is 9.42 Å². The van der Waals surface area contributed by atoms with Crippen molar-refractivity contribution in [3.8, 4) is 23.0 Å². The Bertz CT molecular complexity index is 1310. The molecular formula is C23H17N5O2S. The van der Waals surface area contributed by atoms with Crippen LogP contribution in [0.1, 0.15) is 28.9 Å². The molecule has 4 aromatic rings. The number of anilines is 1. The fourth-order valence-corrected chi connectivity index (χ4v) is 4.77. The van der Waals surface area contributed by atoms with Crippen molar-refractivity contribution in [2.45, 2.75) is 35.6 Å². The second-order valence-corrected chi connectivity index (χ2v) is 8.74. The van der Waals surface area contributed by atoms with E-state index in [1.165, 1.54) is 0 Å². The number of carbonyl (C=O) groups is 1. The van der Waals surface area contributed by atoms with Crippen LogP contribution in [0.5, 0.6) is 0 Å². The zero-order valence-corrected chi connectivity index (χ0v) is 17.5. The summed E-state index contributed by atoms with van der Waals surface area (Å²) >= 11 is 1.60. The van der Waals surface area contributed by atoms with E-state index in [1.54, 1.807) is 24.2 Å². The van der Waals surface area contributed by atoms with E-state index >= 15 is 0 Å². The molecule has 0 bridgehead atoms. The Kier molecular flexibility index (Phi) is 4.14. The SMILES string of the molecule is Cc1cnc(-c2nc(-c3ccc4c(c3)Sc3ccccc3C(=O)N4C3CC3)no2)cn1. The highest BCUT2D eigenvalue weighted by Crippen LogP contribution is 2.46. The fourth-order valence-electron chi connectivity index (χ4n) is 3.67. The lowest BCUT2D eigenvalue weighted by atomic mass is 10.1. The van der Waals surface area contributed by atoms with Gasteiger partial charge in [-0.05, 0) is 50.1 Å². The highest BCUT2D eigenvalue weighted by molar-refractivity contribution is 7.99. The van der Waals surface area contributed by atoms with Crippen molar-refractivity contribution in [1.82, 2.24) is 20.1 Å². The maximum Gasteiger partial charge on any atom is 0.278 e. The molecule has 1 aliphatic carbocycles. The minimum atomic E-state index is 0.0666. The molecular weight excluding hydrogens is 410 g/mol. The Hall–Kier alpha value is -3.52. The zero-order valence-electron chi connectivity index (χ0n) is 16.6. The molecule has 7 nitrogen and oxygen atoms in total. The minimum Gasteiger partial charge on any atom is -0.332 e. The van der Waals surface area contributed by atoms with E-state index in [0.717, 1.165) is 45.1 Å². The number of aromatic nitrogens is 4. The molecule has 1 aliphatic heterocycles. The predicted octanol–water partition coefficient (Wildman–Crippen LogP) is 4.78. The summed E-state index contributed by atoms with van der Waals surface area (Å²) in [6, 6.07) is 14.0. The summed E-state index contributed by atoms with van der Waals surface area (Å²) in [6.45, 7) is 1.87. The molecule has 0 spiro atoms. The Morgan fingerprint density at radius 3 is 2.74 bits per heavy atom. The van der Waals surface area contributed by atoms with E-state index in [-0.39, 0.29) is 11.9 Å². The second kappa shape index (κ2) is 7.02. The maximum atomic E-state index is 13.3. The molecule has 0 radical (unpaired) electrons. The zero-order chi connectivity index (χ0) is 20.9. The van der Waals surface area contributed by atoms with Gasteiger partial charge in [-0.1, -0.05) is 29.1 Å². The maximum absolute atomic E-state index is 13.3. The summed E-state index contributed by atoms with van der Waals surface area (Å²) in [7, 11) is 0. The standard InChI is InChI=1S/C23H17N5O2S/c1-13-11-25-17(12-24-13)22-26-21(27-30-22)14-6-9-18-20(10-14)31-19-5-3-2-4-16(19)23(29)28(18)15-7-8-15/h2-6,9-12,15H,7-8H2,1H3. The first-order valence-electron chi connectivity index (χ1n) is 10.0. The highest BCUT2D eigenvalue weighted by atomic mass is 32.2. The van der Waals surface area contributed by atoms with Gasteiger partial charge in [0.15, 0.2) is 0 Å². The van der Waals surface area contributed by atoms with E-state index in [4.69, 9.17) is 4.52 Å². The van der Waals surface area contributed by atoms with Crippen LogP contribution in [-0.4, -0.2) is 32.1 Å². The number of amides is 1. The van der Waals surface area contributed by atoms with Gasteiger partial charge in [0.1, 0.15) is 5.69 Å². The number of hydrogen-bond acceptors (Lipinski definition) is 7. The summed E-state index contributed by atoms with van der Waals surface area (Å²) < 4.78 is 5.42. The van der Waals surface area contributed by atoms with Gasteiger partial charge in [0.25, 0.3) is 11.8 Å². The summed E-state index contributed by atoms with van der Waals surface area (Å²) in [5.74, 6) is 0.865. The summed E-state index contributed by atoms with van der Waals surface area (Å²) in [6.07, 6.45) is 5.35. The van der Waals surface area contributed by atoms with Crippen molar-refractivity contribution in [3.63, 3.8) is 0 Å². The van der Waals surface area contributed by atoms with Crippen molar-refractivity contribution in [3.05, 3.63) is 66.1 Å². The lowest BCUT2D eigenvalue weighted by Gasteiger charge is -2.22. The quantitative estimate of drug-likeness (QED) is 0.465. The van der Waals surface area contributed by atoms with E-state index < -0.39 is 0 Å². The van der Waals surface area contributed by atoms with Crippen LogP contribution in [0, 0.1) is 6.92 Å². The molecule has 3 heterocycles. The van der Waals surface area contributed by atoms with Gasteiger partial charge in [-0.3, -0.25) is 9.78 Å². The van der Waals surface area contributed by atoms with Crippen molar-refractivity contribution in [2.24, 2.45) is 0 Å². The summed E-state index contributed by atoms with van der Waals surface area (Å²) in [4.78, 5) is 30.2. The Morgan fingerprint density at radius 1 is 1.06 bits per heavy atom. The number of benzene rings is 2. The van der Waals surface area contributed by atoms with Gasteiger partial charge in [0.2, 0.25) is 5.82 Å². The first-order valence-corrected chi connectivity index (χ1v) is 10.9. The van der Waals surface area contributed by atoms with Crippen LogP contribution in [0.4, 0.5) is 5.69 Å². The van der Waals surface area contributed by atoms with Crippen molar-refractivity contribution < 1.29 is 9.32 Å². The van der Waals surface area contributed by atoms with Crippen LogP contribution in [0.3, 0.4) is 0 Å². The number of nitrogens with zero attached hydrogens (tertiary/aromatic N) is 5. The topological polar surface area (TPSA) is 85.0 Å². The molecule has 0 N–H and O–H groups in total. The van der Waals surface area contributed by atoms with Crippen LogP contribution < -0.4 is 4.90 Å². The van der Waals surface area contributed by atoms with Crippen LogP contribution in [0.2, 0.25) is 0 Å². The molecule has 0 saturated heterocycles. The molecule has 1 saturated carbocycles. The van der Waals surface area contributed by atoms with Gasteiger partial charge in [-0.25, -0.2) is 4.98 Å². The van der Waals surface area contributed by atoms with Crippen molar-refractivity contribution >= 4 is 23.4 Å². The highest BCUT2D eigenvalue weighted by Gasteiger charge is 2.38. The monoisotopic (exact) mass is 427 g/mol. The van der Waals surface area contributed by atoms with Crippen molar-refractivity contribution in [1.29, 1.82) is 0 Å². The molecule has 0 unspecified atom stereocenters. The molecule has 6 rings (SSSR count). The lowest BCUT2D eigenvalue weighted by molar-refractivity contribution is 0.0982. The number of carbonyl (C=O) groups excluding carboxylic acids is 1. The van der Waals surface area contributed by atoms with E-state index in [2.05, 4.69) is 20.1 Å². The molecule has 1 amide bonds. The lowest BCUT2D eigenvalue weighted by Crippen LogP contribution is -2.32. The number of fused-ring (bicyclic) bond motifs is 2. The number of aryl methyl sites for hydroxylation is 1. The van der Waals surface area contributed by atoms with E-state index in [0.29, 0.717) is 17.4 Å². The molecule has 2 aromatic heterocycles. The third-order valence-corrected chi connectivity index (χ3v) is 6.49. The molecule has 1 fully saturated rings. The van der Waals surface area contributed by atoms with Gasteiger partial charge in [-0.2, -0.15) is 4.98 Å².